The van der Waals surface area contributed by atoms with Gasteiger partial charge < -0.3 is 5.32 Å². The van der Waals surface area contributed by atoms with Gasteiger partial charge in [-0.3, -0.25) is 4.79 Å². The van der Waals surface area contributed by atoms with Crippen LogP contribution in [0.1, 0.15) is 30.9 Å². The molecule has 0 saturated carbocycles. The van der Waals surface area contributed by atoms with Gasteiger partial charge in [0.1, 0.15) is 0 Å². The van der Waals surface area contributed by atoms with Gasteiger partial charge in [0, 0.05) is 5.69 Å². The lowest BCUT2D eigenvalue weighted by Crippen LogP contribution is -2.03. The van der Waals surface area contributed by atoms with Crippen LogP contribution in [-0.2, 0) is 17.6 Å². The first kappa shape index (κ1) is 9.25. The van der Waals surface area contributed by atoms with E-state index in [2.05, 4.69) is 24.4 Å². The first-order valence-electron chi connectivity index (χ1n) is 5.21. The monoisotopic (exact) mass is 189 g/mol. The number of rotatable bonds is 3. The number of amides is 1. The van der Waals surface area contributed by atoms with Crippen LogP contribution in [0, 0.1) is 0 Å². The second kappa shape index (κ2) is 3.82. The molecule has 1 amide bonds. The van der Waals surface area contributed by atoms with Gasteiger partial charge in [0.15, 0.2) is 0 Å². The van der Waals surface area contributed by atoms with Gasteiger partial charge in [-0.05, 0) is 30.0 Å². The molecule has 14 heavy (non-hydrogen) atoms. The number of benzene rings is 1. The van der Waals surface area contributed by atoms with Crippen molar-refractivity contribution in [2.24, 2.45) is 0 Å². The third kappa shape index (κ3) is 1.79. The minimum atomic E-state index is 0.118. The molecule has 1 aliphatic heterocycles. The van der Waals surface area contributed by atoms with E-state index in [1.165, 1.54) is 18.4 Å². The molecule has 0 radical (unpaired) electrons. The van der Waals surface area contributed by atoms with Crippen molar-refractivity contribution in [1.29, 1.82) is 0 Å². The molecule has 0 aromatic heterocycles. The summed E-state index contributed by atoms with van der Waals surface area (Å²) in [5, 5.41) is 2.84. The van der Waals surface area contributed by atoms with Crippen LogP contribution >= 0.6 is 0 Å². The summed E-state index contributed by atoms with van der Waals surface area (Å²) in [7, 11) is 0. The van der Waals surface area contributed by atoms with Gasteiger partial charge in [-0.2, -0.15) is 0 Å². The minimum Gasteiger partial charge on any atom is -0.326 e. The molecule has 2 nitrogen and oxygen atoms in total. The van der Waals surface area contributed by atoms with Gasteiger partial charge >= 0.3 is 0 Å². The second-order valence-electron chi connectivity index (χ2n) is 3.82. The average Bonchev–Trinajstić information content (AvgIpc) is 2.54. The van der Waals surface area contributed by atoms with Crippen molar-refractivity contribution in [3.05, 3.63) is 29.3 Å². The van der Waals surface area contributed by atoms with Crippen molar-refractivity contribution >= 4 is 11.6 Å². The van der Waals surface area contributed by atoms with E-state index in [0.29, 0.717) is 6.42 Å². The van der Waals surface area contributed by atoms with E-state index in [9.17, 15) is 4.79 Å². The molecule has 1 aliphatic rings. The van der Waals surface area contributed by atoms with Crippen LogP contribution in [0.4, 0.5) is 5.69 Å². The summed E-state index contributed by atoms with van der Waals surface area (Å²) in [4.78, 5) is 11.1. The Hall–Kier alpha value is -1.31. The van der Waals surface area contributed by atoms with E-state index in [0.717, 1.165) is 17.7 Å². The van der Waals surface area contributed by atoms with Gasteiger partial charge in [0.2, 0.25) is 5.91 Å². The normalized spacial score (nSPS) is 13.9. The molecule has 0 aliphatic carbocycles. The predicted octanol–water partition coefficient (Wildman–Crippen LogP) is 2.52. The first-order chi connectivity index (χ1) is 6.79. The van der Waals surface area contributed by atoms with Crippen molar-refractivity contribution in [1.82, 2.24) is 0 Å². The summed E-state index contributed by atoms with van der Waals surface area (Å²) in [6, 6.07) is 6.29. The topological polar surface area (TPSA) is 29.1 Å². The SMILES string of the molecule is CCCCc1ccc2c(c1)CC(=O)N2. The fourth-order valence-corrected chi connectivity index (χ4v) is 1.82. The zero-order valence-electron chi connectivity index (χ0n) is 8.47. The van der Waals surface area contributed by atoms with E-state index in [1.807, 2.05) is 6.07 Å². The average molecular weight is 189 g/mol. The van der Waals surface area contributed by atoms with Gasteiger partial charge in [0.25, 0.3) is 0 Å². The lowest BCUT2D eigenvalue weighted by molar-refractivity contribution is -0.115. The highest BCUT2D eigenvalue weighted by Gasteiger charge is 2.16. The van der Waals surface area contributed by atoms with Crippen molar-refractivity contribution < 1.29 is 4.79 Å². The van der Waals surface area contributed by atoms with Gasteiger partial charge in [-0.15, -0.1) is 0 Å². The molecule has 1 N–H and O–H groups in total. The maximum atomic E-state index is 11.1. The molecule has 1 aromatic rings. The Labute approximate surface area is 84.3 Å². The molecule has 0 fully saturated rings. The van der Waals surface area contributed by atoms with Gasteiger partial charge in [0.05, 0.1) is 6.42 Å². The van der Waals surface area contributed by atoms with Crippen LogP contribution in [0.5, 0.6) is 0 Å². The standard InChI is InChI=1S/C12H15NO/c1-2-3-4-9-5-6-11-10(7-9)8-12(14)13-11/h5-7H,2-4,8H2,1H3,(H,13,14). The largest absolute Gasteiger partial charge is 0.326 e. The Morgan fingerprint density at radius 1 is 1.43 bits per heavy atom. The van der Waals surface area contributed by atoms with Crippen molar-refractivity contribution in [2.75, 3.05) is 5.32 Å². The molecule has 0 bridgehead atoms. The summed E-state index contributed by atoms with van der Waals surface area (Å²) in [5.74, 6) is 0.118. The molecule has 0 unspecified atom stereocenters. The fourth-order valence-electron chi connectivity index (χ4n) is 1.82. The summed E-state index contributed by atoms with van der Waals surface area (Å²) < 4.78 is 0. The van der Waals surface area contributed by atoms with Crippen LogP contribution in [0.2, 0.25) is 0 Å². The van der Waals surface area contributed by atoms with Crippen molar-refractivity contribution in [3.8, 4) is 0 Å². The van der Waals surface area contributed by atoms with Crippen LogP contribution < -0.4 is 5.32 Å². The van der Waals surface area contributed by atoms with E-state index >= 15 is 0 Å². The third-order valence-corrected chi connectivity index (χ3v) is 2.61. The molecule has 0 saturated heterocycles. The first-order valence-corrected chi connectivity index (χ1v) is 5.21. The number of unbranched alkanes of at least 4 members (excludes halogenated alkanes) is 1. The smallest absolute Gasteiger partial charge is 0.228 e. The Bertz CT molecular complexity index is 357. The molecule has 0 spiro atoms. The highest BCUT2D eigenvalue weighted by Crippen LogP contribution is 2.24. The maximum Gasteiger partial charge on any atom is 0.228 e. The number of hydrogen-bond acceptors (Lipinski definition) is 1. The van der Waals surface area contributed by atoms with E-state index in [-0.39, 0.29) is 5.91 Å². The summed E-state index contributed by atoms with van der Waals surface area (Å²) in [6.07, 6.45) is 4.11. The highest BCUT2D eigenvalue weighted by atomic mass is 16.1. The van der Waals surface area contributed by atoms with Crippen molar-refractivity contribution in [3.63, 3.8) is 0 Å². The maximum absolute atomic E-state index is 11.1. The van der Waals surface area contributed by atoms with E-state index in [1.54, 1.807) is 0 Å². The molecular weight excluding hydrogens is 174 g/mol. The number of nitrogens with one attached hydrogen (secondary N) is 1. The number of carbonyl (C=O) groups is 1. The zero-order valence-corrected chi connectivity index (χ0v) is 8.47. The molecule has 2 rings (SSSR count). The summed E-state index contributed by atoms with van der Waals surface area (Å²) >= 11 is 0. The lowest BCUT2D eigenvalue weighted by Gasteiger charge is -2.02. The molecule has 1 heterocycles. The van der Waals surface area contributed by atoms with E-state index in [4.69, 9.17) is 0 Å². The number of carbonyl (C=O) groups excluding carboxylic acids is 1. The minimum absolute atomic E-state index is 0.118. The Morgan fingerprint density at radius 3 is 3.07 bits per heavy atom. The number of hydrogen-bond donors (Lipinski definition) is 1. The Morgan fingerprint density at radius 2 is 2.29 bits per heavy atom. The van der Waals surface area contributed by atoms with Crippen molar-refractivity contribution in [2.45, 2.75) is 32.6 Å². The van der Waals surface area contributed by atoms with Crippen LogP contribution in [0.25, 0.3) is 0 Å². The molecule has 0 atom stereocenters. The predicted molar refractivity (Wildman–Crippen MR) is 57.4 cm³/mol. The fraction of sp³-hybridized carbons (Fsp3) is 0.417. The summed E-state index contributed by atoms with van der Waals surface area (Å²) in [5.41, 5.74) is 3.50. The zero-order chi connectivity index (χ0) is 9.97. The molecule has 2 heteroatoms. The van der Waals surface area contributed by atoms with Crippen LogP contribution in [0.3, 0.4) is 0 Å². The van der Waals surface area contributed by atoms with Crippen LogP contribution in [-0.4, -0.2) is 5.91 Å². The van der Waals surface area contributed by atoms with E-state index < -0.39 is 0 Å². The number of anilines is 1. The Balaban J connectivity index is 2.16. The molecule has 74 valence electrons. The highest BCUT2D eigenvalue weighted by molar-refractivity contribution is 5.99. The third-order valence-electron chi connectivity index (χ3n) is 2.61. The quantitative estimate of drug-likeness (QED) is 0.777. The molecule has 1 aromatic carbocycles. The Kier molecular flexibility index (Phi) is 2.53. The lowest BCUT2D eigenvalue weighted by atomic mass is 10.0. The molecular formula is C12H15NO. The van der Waals surface area contributed by atoms with Gasteiger partial charge in [-0.1, -0.05) is 25.5 Å². The number of fused-ring (bicyclic) bond motifs is 1. The van der Waals surface area contributed by atoms with Crippen LogP contribution in [0.15, 0.2) is 18.2 Å². The second-order valence-corrected chi connectivity index (χ2v) is 3.82. The number of aryl methyl sites for hydroxylation is 1. The van der Waals surface area contributed by atoms with Gasteiger partial charge in [-0.25, -0.2) is 0 Å². The summed E-state index contributed by atoms with van der Waals surface area (Å²) in [6.45, 7) is 2.19.